The number of fused-ring (bicyclic) bond motifs is 1. The lowest BCUT2D eigenvalue weighted by molar-refractivity contribution is 0.210. The van der Waals surface area contributed by atoms with Crippen molar-refractivity contribution < 1.29 is 4.74 Å². The van der Waals surface area contributed by atoms with Crippen LogP contribution >= 0.6 is 0 Å². The van der Waals surface area contributed by atoms with Gasteiger partial charge in [0.05, 0.1) is 6.20 Å². The second-order valence-corrected chi connectivity index (χ2v) is 5.12. The van der Waals surface area contributed by atoms with Crippen LogP contribution in [0, 0.1) is 0 Å². The van der Waals surface area contributed by atoms with Crippen molar-refractivity contribution in [2.45, 2.75) is 53.2 Å². The highest BCUT2D eigenvalue weighted by Crippen LogP contribution is 2.27. The molecule has 0 amide bonds. The molecule has 1 saturated heterocycles. The number of likely N-dealkylation sites (N-methyl/N-ethyl adjacent to an activating group) is 1. The fourth-order valence-corrected chi connectivity index (χ4v) is 2.58. The highest BCUT2D eigenvalue weighted by molar-refractivity contribution is 5.87. The first-order chi connectivity index (χ1) is 10.7. The van der Waals surface area contributed by atoms with E-state index in [1.54, 1.807) is 0 Å². The van der Waals surface area contributed by atoms with Gasteiger partial charge >= 0.3 is 0 Å². The van der Waals surface area contributed by atoms with Crippen LogP contribution in [0.2, 0.25) is 0 Å². The fraction of sp³-hybridized carbons (Fsp3) is 0.526. The van der Waals surface area contributed by atoms with Crippen LogP contribution in [0.1, 0.15) is 41.0 Å². The van der Waals surface area contributed by atoms with Crippen molar-refractivity contribution in [3.63, 3.8) is 0 Å². The number of rotatable bonds is 2. The second-order valence-electron chi connectivity index (χ2n) is 5.12. The van der Waals surface area contributed by atoms with E-state index < -0.39 is 0 Å². The molecule has 3 heteroatoms. The Labute approximate surface area is 135 Å². The summed E-state index contributed by atoms with van der Waals surface area (Å²) >= 11 is 0. The Kier molecular flexibility index (Phi) is 7.89. The normalized spacial score (nSPS) is 20.6. The highest BCUT2D eigenvalue weighted by atomic mass is 16.5. The van der Waals surface area contributed by atoms with Crippen LogP contribution in [0.15, 0.2) is 36.7 Å². The van der Waals surface area contributed by atoms with E-state index in [-0.39, 0.29) is 6.10 Å². The molecule has 1 fully saturated rings. The maximum atomic E-state index is 6.13. The molecule has 122 valence electrons. The molecule has 2 unspecified atom stereocenters. The van der Waals surface area contributed by atoms with E-state index in [9.17, 15) is 0 Å². The van der Waals surface area contributed by atoms with Crippen molar-refractivity contribution in [2.24, 2.45) is 0 Å². The average Bonchev–Trinajstić information content (AvgIpc) is 2.89. The highest BCUT2D eigenvalue weighted by Gasteiger charge is 2.27. The number of likely N-dealkylation sites (tertiary alicyclic amines) is 1. The minimum Gasteiger partial charge on any atom is -0.487 e. The molecule has 0 aliphatic carbocycles. The van der Waals surface area contributed by atoms with Gasteiger partial charge in [-0.3, -0.25) is 9.88 Å². The Hall–Kier alpha value is -1.61. The lowest BCUT2D eigenvalue weighted by Crippen LogP contribution is -2.23. The van der Waals surface area contributed by atoms with E-state index in [1.807, 2.05) is 52.2 Å². The number of hydrogen-bond acceptors (Lipinski definition) is 3. The number of aromatic nitrogens is 1. The third-order valence-corrected chi connectivity index (χ3v) is 3.77. The van der Waals surface area contributed by atoms with Gasteiger partial charge in [-0.1, -0.05) is 52.0 Å². The minimum absolute atomic E-state index is 0.276. The largest absolute Gasteiger partial charge is 0.487 e. The van der Waals surface area contributed by atoms with Gasteiger partial charge in [0.25, 0.3) is 0 Å². The van der Waals surface area contributed by atoms with Crippen molar-refractivity contribution >= 4 is 10.8 Å². The molecule has 0 spiro atoms. The van der Waals surface area contributed by atoms with Gasteiger partial charge in [0, 0.05) is 36.0 Å². The summed E-state index contributed by atoms with van der Waals surface area (Å²) in [5.41, 5.74) is 0. The van der Waals surface area contributed by atoms with Crippen LogP contribution in [-0.2, 0) is 0 Å². The third kappa shape index (κ3) is 4.44. The summed E-state index contributed by atoms with van der Waals surface area (Å²) in [5, 5.41) is 2.28. The molecule has 0 bridgehead atoms. The van der Waals surface area contributed by atoms with Gasteiger partial charge in [0.2, 0.25) is 0 Å². The van der Waals surface area contributed by atoms with Gasteiger partial charge in [-0.25, -0.2) is 0 Å². The Morgan fingerprint density at radius 3 is 2.41 bits per heavy atom. The summed E-state index contributed by atoms with van der Waals surface area (Å²) in [4.78, 5) is 6.59. The molecule has 3 nitrogen and oxygen atoms in total. The van der Waals surface area contributed by atoms with Crippen LogP contribution in [0.25, 0.3) is 10.8 Å². The van der Waals surface area contributed by atoms with Crippen LogP contribution in [0.4, 0.5) is 0 Å². The van der Waals surface area contributed by atoms with Gasteiger partial charge in [-0.15, -0.1) is 0 Å². The van der Waals surface area contributed by atoms with Crippen molar-refractivity contribution in [3.05, 3.63) is 36.7 Å². The molecule has 1 aromatic heterocycles. The van der Waals surface area contributed by atoms with Gasteiger partial charge in [-0.2, -0.15) is 0 Å². The number of pyridine rings is 1. The molecule has 2 heterocycles. The van der Waals surface area contributed by atoms with Crippen LogP contribution in [-0.4, -0.2) is 35.6 Å². The van der Waals surface area contributed by atoms with Gasteiger partial charge < -0.3 is 4.74 Å². The summed E-state index contributed by atoms with van der Waals surface area (Å²) in [5.74, 6) is 0.903. The molecule has 1 aliphatic rings. The lowest BCUT2D eigenvalue weighted by atomic mass is 10.1. The zero-order chi connectivity index (χ0) is 16.5. The summed E-state index contributed by atoms with van der Waals surface area (Å²) in [6.07, 6.45) is 5.06. The lowest BCUT2D eigenvalue weighted by Gasteiger charge is -2.15. The van der Waals surface area contributed by atoms with Crippen LogP contribution in [0.5, 0.6) is 5.75 Å². The van der Waals surface area contributed by atoms with Crippen LogP contribution < -0.4 is 4.74 Å². The van der Waals surface area contributed by atoms with E-state index in [4.69, 9.17) is 4.74 Å². The summed E-state index contributed by atoms with van der Waals surface area (Å²) in [6.45, 7) is 11.2. The zero-order valence-corrected chi connectivity index (χ0v) is 14.8. The van der Waals surface area contributed by atoms with E-state index in [0.29, 0.717) is 6.04 Å². The minimum atomic E-state index is 0.276. The van der Waals surface area contributed by atoms with Gasteiger partial charge in [0.1, 0.15) is 11.9 Å². The summed E-state index contributed by atoms with van der Waals surface area (Å²) in [6, 6.07) is 8.82. The van der Waals surface area contributed by atoms with Crippen molar-refractivity contribution in [2.75, 3.05) is 13.6 Å². The maximum absolute atomic E-state index is 6.13. The third-order valence-electron chi connectivity index (χ3n) is 3.77. The Bertz CT molecular complexity index is 541. The molecule has 2 atom stereocenters. The fourth-order valence-electron chi connectivity index (χ4n) is 2.58. The van der Waals surface area contributed by atoms with Crippen molar-refractivity contribution in [3.8, 4) is 5.75 Å². The number of ether oxygens (including phenoxy) is 1. The van der Waals surface area contributed by atoms with Gasteiger partial charge in [0.15, 0.2) is 0 Å². The first kappa shape index (κ1) is 18.4. The monoisotopic (exact) mass is 302 g/mol. The first-order valence-corrected chi connectivity index (χ1v) is 8.43. The predicted octanol–water partition coefficient (Wildman–Crippen LogP) is 4.76. The quantitative estimate of drug-likeness (QED) is 0.800. The second kappa shape index (κ2) is 9.42. The standard InChI is InChI=1S/C15H18N2O.2C2H6/c1-11-7-13(10-17(11)2)18-15-9-16-8-12-5-3-4-6-14(12)15;2*1-2/h3-6,8-9,11,13H,7,10H2,1-2H3;2*1-2H3. The van der Waals surface area contributed by atoms with E-state index in [1.165, 1.54) is 0 Å². The molecule has 22 heavy (non-hydrogen) atoms. The Balaban J connectivity index is 0.000000561. The molecule has 1 aromatic carbocycles. The van der Waals surface area contributed by atoms with Crippen molar-refractivity contribution in [1.82, 2.24) is 9.88 Å². The molecule has 2 aromatic rings. The SMILES string of the molecule is CC.CC.CC1CC(Oc2cncc3ccccc23)CN1C. The Morgan fingerprint density at radius 2 is 1.77 bits per heavy atom. The topological polar surface area (TPSA) is 25.4 Å². The molecule has 0 radical (unpaired) electrons. The molecule has 3 rings (SSSR count). The molecular weight excluding hydrogens is 272 g/mol. The molecule has 0 N–H and O–H groups in total. The summed E-state index contributed by atoms with van der Waals surface area (Å²) < 4.78 is 6.13. The summed E-state index contributed by atoms with van der Waals surface area (Å²) in [7, 11) is 2.15. The van der Waals surface area contributed by atoms with E-state index >= 15 is 0 Å². The molecule has 1 aliphatic heterocycles. The number of nitrogens with zero attached hydrogens (tertiary/aromatic N) is 2. The Morgan fingerprint density at radius 1 is 1.09 bits per heavy atom. The van der Waals surface area contributed by atoms with Gasteiger partial charge in [-0.05, 0) is 14.0 Å². The molecular formula is C19H30N2O. The first-order valence-electron chi connectivity index (χ1n) is 8.43. The van der Waals surface area contributed by atoms with Crippen molar-refractivity contribution in [1.29, 1.82) is 0 Å². The smallest absolute Gasteiger partial charge is 0.145 e. The number of benzene rings is 1. The van der Waals surface area contributed by atoms with E-state index in [0.717, 1.165) is 29.5 Å². The molecule has 0 saturated carbocycles. The number of hydrogen-bond donors (Lipinski definition) is 0. The average molecular weight is 302 g/mol. The van der Waals surface area contributed by atoms with E-state index in [2.05, 4.69) is 36.0 Å². The maximum Gasteiger partial charge on any atom is 0.145 e. The predicted molar refractivity (Wildman–Crippen MR) is 95.6 cm³/mol. The van der Waals surface area contributed by atoms with Crippen LogP contribution in [0.3, 0.4) is 0 Å². The zero-order valence-electron chi connectivity index (χ0n) is 14.8.